The highest BCUT2D eigenvalue weighted by molar-refractivity contribution is 5.71. The third-order valence-corrected chi connectivity index (χ3v) is 9.72. The van der Waals surface area contributed by atoms with E-state index in [1.165, 1.54) is 0 Å². The van der Waals surface area contributed by atoms with Crippen molar-refractivity contribution < 1.29 is 49.7 Å². The third kappa shape index (κ3) is 7.06. The molecule has 6 N–H and O–H groups in total. The van der Waals surface area contributed by atoms with E-state index in [0.717, 1.165) is 12.8 Å². The lowest BCUT2D eigenvalue weighted by atomic mass is 9.86. The Hall–Kier alpha value is -1.30. The molecule has 0 spiro atoms. The molecule has 0 aromatic heterocycles. The Morgan fingerprint density at radius 1 is 0.579 bits per heavy atom. The molecule has 2 saturated carbocycles. The molecule has 0 unspecified atom stereocenters. The lowest BCUT2D eigenvalue weighted by Gasteiger charge is -2.41. The summed E-state index contributed by atoms with van der Waals surface area (Å²) in [6.45, 7) is 8.13. The smallest absolute Gasteiger partial charge is 0.308 e. The van der Waals surface area contributed by atoms with Gasteiger partial charge in [-0.3, -0.25) is 9.59 Å². The van der Waals surface area contributed by atoms with E-state index in [2.05, 4.69) is 13.8 Å². The highest BCUT2D eigenvalue weighted by Gasteiger charge is 2.48. The standard InChI is InChI=1S/C28H44O8.2H2O/c1-13-5-19(13)25-9-17-7-21(29)15(3)24(33-17)12-28(32)36-26(20-6-14(20)2)10-18-8-22(30)16(4)23(34-18)11-27(31)35-25;;/h13-26,29-30H,5-12H2,1-4H3;2*1H2/t13-,14-,15-,16-,17+,18+,19-,20-,21+,22+,23+,24+,25-,26-;;/m1../s1. The Labute approximate surface area is 225 Å². The molecule has 3 aliphatic heterocycles. The first-order valence-corrected chi connectivity index (χ1v) is 14.1. The van der Waals surface area contributed by atoms with Gasteiger partial charge < -0.3 is 40.1 Å². The van der Waals surface area contributed by atoms with E-state index < -0.39 is 24.4 Å². The molecule has 3 saturated heterocycles. The maximum Gasteiger partial charge on any atom is 0.308 e. The normalized spacial score (nSPS) is 49.4. The average Bonchev–Trinajstić information content (AvgIpc) is 3.71. The van der Waals surface area contributed by atoms with Gasteiger partial charge >= 0.3 is 11.9 Å². The van der Waals surface area contributed by atoms with Gasteiger partial charge in [0, 0.05) is 37.5 Å². The van der Waals surface area contributed by atoms with Crippen molar-refractivity contribution in [3.05, 3.63) is 0 Å². The monoisotopic (exact) mass is 544 g/mol. The van der Waals surface area contributed by atoms with Gasteiger partial charge in [0.1, 0.15) is 12.2 Å². The minimum atomic E-state index is -0.581. The number of aliphatic hydroxyl groups excluding tert-OH is 2. The summed E-state index contributed by atoms with van der Waals surface area (Å²) >= 11 is 0. The first kappa shape index (κ1) is 31.2. The number of carbonyl (C=O) groups is 2. The lowest BCUT2D eigenvalue weighted by molar-refractivity contribution is -0.184. The molecule has 14 atom stereocenters. The van der Waals surface area contributed by atoms with Crippen LogP contribution in [-0.4, -0.2) is 81.9 Å². The summed E-state index contributed by atoms with van der Waals surface area (Å²) in [6.07, 6.45) is 0.888. The molecular formula is C28H48O10. The molecule has 10 heteroatoms. The second kappa shape index (κ2) is 12.5. The number of carbonyl (C=O) groups excluding carboxylic acids is 2. The van der Waals surface area contributed by atoms with Crippen LogP contribution in [0.1, 0.15) is 79.1 Å². The summed E-state index contributed by atoms with van der Waals surface area (Å²) in [5, 5.41) is 21.5. The maximum absolute atomic E-state index is 13.1. The molecule has 0 radical (unpaired) electrons. The van der Waals surface area contributed by atoms with Crippen LogP contribution in [0.25, 0.3) is 0 Å². The van der Waals surface area contributed by atoms with Gasteiger partial charge in [0.2, 0.25) is 0 Å². The van der Waals surface area contributed by atoms with Crippen molar-refractivity contribution in [3.8, 4) is 0 Å². The Morgan fingerprint density at radius 3 is 1.24 bits per heavy atom. The van der Waals surface area contributed by atoms with Crippen LogP contribution in [-0.2, 0) is 28.5 Å². The van der Waals surface area contributed by atoms with E-state index in [1.54, 1.807) is 0 Å². The van der Waals surface area contributed by atoms with Crippen molar-refractivity contribution in [1.82, 2.24) is 0 Å². The zero-order valence-corrected chi connectivity index (χ0v) is 23.1. The molecular weight excluding hydrogens is 496 g/mol. The summed E-state index contributed by atoms with van der Waals surface area (Å²) < 4.78 is 24.7. The van der Waals surface area contributed by atoms with Crippen LogP contribution in [0, 0.1) is 35.5 Å². The van der Waals surface area contributed by atoms with E-state index in [-0.39, 0.29) is 83.8 Å². The lowest BCUT2D eigenvalue weighted by Crippen LogP contribution is -2.47. The molecule has 3 heterocycles. The van der Waals surface area contributed by atoms with Crippen LogP contribution < -0.4 is 0 Å². The SMILES string of the molecule is C[C@H]1[C@@H]2CC(=O)O[C@@H]([C@@H]3C[C@H]3C)C[C@@H]3C[C@H](O)[C@@H](C)[C@H](CC(=O)O[C@@H]([C@@H]4C[C@H]4C)C[C@H](C[C@@H]1O)O2)O3.O.O. The predicted octanol–water partition coefficient (Wildman–Crippen LogP) is 1.36. The fourth-order valence-corrected chi connectivity index (χ4v) is 6.73. The van der Waals surface area contributed by atoms with Gasteiger partial charge in [-0.15, -0.1) is 0 Å². The summed E-state index contributed by atoms with van der Waals surface area (Å²) in [6, 6.07) is 0. The van der Waals surface area contributed by atoms with Gasteiger partial charge in [0.15, 0.2) is 0 Å². The number of hydrogen-bond acceptors (Lipinski definition) is 8. The van der Waals surface area contributed by atoms with Gasteiger partial charge in [0.05, 0.1) is 49.5 Å². The molecule has 0 amide bonds. The van der Waals surface area contributed by atoms with Crippen LogP contribution in [0.15, 0.2) is 0 Å². The van der Waals surface area contributed by atoms with Gasteiger partial charge in [-0.05, 0) is 36.5 Å². The number of aliphatic hydroxyl groups is 2. The van der Waals surface area contributed by atoms with E-state index in [0.29, 0.717) is 37.5 Å². The number of ether oxygens (including phenoxy) is 4. The third-order valence-electron chi connectivity index (χ3n) is 9.72. The second-order valence-electron chi connectivity index (χ2n) is 12.6. The highest BCUT2D eigenvalue weighted by Crippen LogP contribution is 2.46. The second-order valence-corrected chi connectivity index (χ2v) is 12.6. The summed E-state index contributed by atoms with van der Waals surface area (Å²) in [5.74, 6) is 0.513. The number of esters is 2. The van der Waals surface area contributed by atoms with Crippen LogP contribution in [0.3, 0.4) is 0 Å². The maximum atomic E-state index is 13.1. The Balaban J connectivity index is 0.00000200. The molecule has 38 heavy (non-hydrogen) atoms. The molecule has 220 valence electrons. The molecule has 5 rings (SSSR count). The summed E-state index contributed by atoms with van der Waals surface area (Å²) in [7, 11) is 0. The van der Waals surface area contributed by atoms with Crippen LogP contribution >= 0.6 is 0 Å². The van der Waals surface area contributed by atoms with Crippen molar-refractivity contribution in [2.24, 2.45) is 35.5 Å². The summed E-state index contributed by atoms with van der Waals surface area (Å²) in [5.41, 5.74) is 0. The predicted molar refractivity (Wildman–Crippen MR) is 137 cm³/mol. The molecule has 2 aliphatic carbocycles. The van der Waals surface area contributed by atoms with Gasteiger partial charge in [-0.25, -0.2) is 0 Å². The minimum absolute atomic E-state index is 0. The summed E-state index contributed by atoms with van der Waals surface area (Å²) in [4.78, 5) is 26.2. The Kier molecular flexibility index (Phi) is 10.3. The highest BCUT2D eigenvalue weighted by atomic mass is 16.6. The first-order valence-electron chi connectivity index (χ1n) is 14.1. The Bertz CT molecular complexity index is 755. The van der Waals surface area contributed by atoms with E-state index in [1.807, 2.05) is 13.8 Å². The quantitative estimate of drug-likeness (QED) is 0.490. The van der Waals surface area contributed by atoms with Crippen molar-refractivity contribution in [1.29, 1.82) is 0 Å². The zero-order valence-electron chi connectivity index (χ0n) is 23.1. The van der Waals surface area contributed by atoms with E-state index >= 15 is 0 Å². The number of fused-ring (bicyclic) bond motifs is 4. The Morgan fingerprint density at radius 2 is 0.921 bits per heavy atom. The van der Waals surface area contributed by atoms with E-state index in [4.69, 9.17) is 18.9 Å². The first-order chi connectivity index (χ1) is 17.1. The van der Waals surface area contributed by atoms with Crippen molar-refractivity contribution in [2.45, 2.75) is 128 Å². The molecule has 5 fully saturated rings. The fourth-order valence-electron chi connectivity index (χ4n) is 6.73. The average molecular weight is 545 g/mol. The molecule has 0 aromatic carbocycles. The van der Waals surface area contributed by atoms with E-state index in [9.17, 15) is 19.8 Å². The molecule has 4 bridgehead atoms. The minimum Gasteiger partial charge on any atom is -0.462 e. The van der Waals surface area contributed by atoms with Crippen LogP contribution in [0.4, 0.5) is 0 Å². The van der Waals surface area contributed by atoms with Gasteiger partial charge in [-0.2, -0.15) is 0 Å². The van der Waals surface area contributed by atoms with Crippen molar-refractivity contribution in [2.75, 3.05) is 0 Å². The van der Waals surface area contributed by atoms with Crippen LogP contribution in [0.2, 0.25) is 0 Å². The number of hydrogen-bond donors (Lipinski definition) is 2. The zero-order chi connectivity index (χ0) is 25.7. The fraction of sp³-hybridized carbons (Fsp3) is 0.929. The van der Waals surface area contributed by atoms with Gasteiger partial charge in [-0.1, -0.05) is 27.7 Å². The number of rotatable bonds is 2. The molecule has 5 aliphatic rings. The topological polar surface area (TPSA) is 175 Å². The number of cyclic esters (lactones) is 2. The molecule has 0 aromatic rings. The van der Waals surface area contributed by atoms with Crippen LogP contribution in [0.5, 0.6) is 0 Å². The largest absolute Gasteiger partial charge is 0.462 e. The van der Waals surface area contributed by atoms with Gasteiger partial charge in [0.25, 0.3) is 0 Å². The molecule has 10 nitrogen and oxygen atoms in total. The van der Waals surface area contributed by atoms with Crippen molar-refractivity contribution in [3.63, 3.8) is 0 Å². The van der Waals surface area contributed by atoms with Crippen molar-refractivity contribution >= 4 is 11.9 Å².